The Labute approximate surface area is 122 Å². The van der Waals surface area contributed by atoms with E-state index in [0.29, 0.717) is 23.6 Å². The van der Waals surface area contributed by atoms with Gasteiger partial charge in [0.25, 0.3) is 0 Å². The Morgan fingerprint density at radius 1 is 1.30 bits per heavy atom. The number of nitrogens with zero attached hydrogens (tertiary/aromatic N) is 1. The maximum Gasteiger partial charge on any atom is 0.239 e. The van der Waals surface area contributed by atoms with Crippen molar-refractivity contribution in [3.05, 3.63) is 12.1 Å². The van der Waals surface area contributed by atoms with Gasteiger partial charge in [0.15, 0.2) is 0 Å². The zero-order valence-corrected chi connectivity index (χ0v) is 12.7. The number of nitrogens with one attached hydrogen (secondary N) is 1. The van der Waals surface area contributed by atoms with Gasteiger partial charge in [0.2, 0.25) is 5.88 Å². The molecule has 1 aliphatic carbocycles. The van der Waals surface area contributed by atoms with Crippen LogP contribution in [-0.2, 0) is 0 Å². The van der Waals surface area contributed by atoms with Crippen LogP contribution in [0.2, 0.25) is 0 Å². The zero-order chi connectivity index (χ0) is 14.4. The van der Waals surface area contributed by atoms with E-state index in [4.69, 9.17) is 10.5 Å². The molecule has 4 heteroatoms. The molecule has 1 saturated carbocycles. The number of anilines is 2. The number of aromatic nitrogens is 1. The second-order valence-electron chi connectivity index (χ2n) is 6.16. The van der Waals surface area contributed by atoms with Crippen LogP contribution >= 0.6 is 0 Å². The summed E-state index contributed by atoms with van der Waals surface area (Å²) in [6.45, 7) is 6.06. The molecule has 0 amide bonds. The van der Waals surface area contributed by atoms with Crippen LogP contribution in [0.25, 0.3) is 0 Å². The van der Waals surface area contributed by atoms with Crippen LogP contribution in [0.5, 0.6) is 5.88 Å². The number of pyridine rings is 1. The lowest BCUT2D eigenvalue weighted by atomic mass is 9.76. The smallest absolute Gasteiger partial charge is 0.239 e. The van der Waals surface area contributed by atoms with Crippen LogP contribution < -0.4 is 15.8 Å². The number of hydrogen-bond donors (Lipinski definition) is 2. The third-order valence-electron chi connectivity index (χ3n) is 4.09. The minimum Gasteiger partial charge on any atom is -0.476 e. The van der Waals surface area contributed by atoms with Crippen molar-refractivity contribution in [2.45, 2.75) is 52.4 Å². The Bertz CT molecular complexity index is 428. The summed E-state index contributed by atoms with van der Waals surface area (Å²) in [5.41, 5.74) is 6.88. The summed E-state index contributed by atoms with van der Waals surface area (Å²) in [4.78, 5) is 4.47. The topological polar surface area (TPSA) is 60.2 Å². The molecule has 112 valence electrons. The first-order valence-corrected chi connectivity index (χ1v) is 7.76. The van der Waals surface area contributed by atoms with Crippen LogP contribution in [0.15, 0.2) is 12.1 Å². The second kappa shape index (κ2) is 6.82. The minimum absolute atomic E-state index is 0.395. The fourth-order valence-corrected chi connectivity index (χ4v) is 2.75. The molecule has 0 aromatic carbocycles. The highest BCUT2D eigenvalue weighted by Crippen LogP contribution is 2.35. The van der Waals surface area contributed by atoms with Gasteiger partial charge in [0, 0.05) is 6.54 Å². The third kappa shape index (κ3) is 4.02. The van der Waals surface area contributed by atoms with Crippen LogP contribution in [0, 0.1) is 5.41 Å². The molecule has 1 fully saturated rings. The quantitative estimate of drug-likeness (QED) is 0.829. The molecule has 1 aromatic heterocycles. The fraction of sp³-hybridized carbons (Fsp3) is 0.688. The average molecular weight is 277 g/mol. The summed E-state index contributed by atoms with van der Waals surface area (Å²) in [5.74, 6) is 1.41. The molecule has 1 aliphatic rings. The van der Waals surface area contributed by atoms with Crippen LogP contribution in [-0.4, -0.2) is 18.1 Å². The zero-order valence-electron chi connectivity index (χ0n) is 12.7. The van der Waals surface area contributed by atoms with Gasteiger partial charge in [0.05, 0.1) is 12.3 Å². The van der Waals surface area contributed by atoms with Crippen molar-refractivity contribution in [1.82, 2.24) is 4.98 Å². The van der Waals surface area contributed by atoms with Crippen molar-refractivity contribution in [3.63, 3.8) is 0 Å². The third-order valence-corrected chi connectivity index (χ3v) is 4.09. The molecular weight excluding hydrogens is 250 g/mol. The average Bonchev–Trinajstić information content (AvgIpc) is 2.46. The molecule has 1 heterocycles. The summed E-state index contributed by atoms with van der Waals surface area (Å²) in [6.07, 6.45) is 7.63. The van der Waals surface area contributed by atoms with Crippen molar-refractivity contribution >= 4 is 11.5 Å². The molecular formula is C16H27N3O. The van der Waals surface area contributed by atoms with Crippen molar-refractivity contribution in [2.75, 3.05) is 24.2 Å². The summed E-state index contributed by atoms with van der Waals surface area (Å²) >= 11 is 0. The number of ether oxygens (including phenoxy) is 1. The monoisotopic (exact) mass is 277 g/mol. The largest absolute Gasteiger partial charge is 0.476 e. The number of rotatable bonds is 6. The molecule has 0 bridgehead atoms. The number of hydrogen-bond acceptors (Lipinski definition) is 4. The molecule has 2 rings (SSSR count). The van der Waals surface area contributed by atoms with Gasteiger partial charge in [-0.05, 0) is 36.8 Å². The summed E-state index contributed by atoms with van der Waals surface area (Å²) in [6, 6.07) is 3.80. The first-order valence-electron chi connectivity index (χ1n) is 7.76. The molecule has 0 atom stereocenters. The predicted octanol–water partition coefficient (Wildman–Crippen LogP) is 3.83. The standard InChI is InChI=1S/C16H27N3O/c1-3-11-20-15-13(17)7-8-14(19-15)18-12-16(2)9-5-4-6-10-16/h7-8H,3-6,9-12,17H2,1-2H3,(H,18,19). The van der Waals surface area contributed by atoms with Crippen molar-refractivity contribution in [1.29, 1.82) is 0 Å². The molecule has 0 spiro atoms. The molecule has 1 aromatic rings. The number of nitrogen functional groups attached to an aromatic ring is 1. The lowest BCUT2D eigenvalue weighted by Gasteiger charge is -2.33. The van der Waals surface area contributed by atoms with Crippen molar-refractivity contribution in [3.8, 4) is 5.88 Å². The van der Waals surface area contributed by atoms with Crippen LogP contribution in [0.3, 0.4) is 0 Å². The van der Waals surface area contributed by atoms with Gasteiger partial charge in [-0.25, -0.2) is 0 Å². The molecule has 4 nitrogen and oxygen atoms in total. The highest BCUT2D eigenvalue weighted by molar-refractivity contribution is 5.53. The van der Waals surface area contributed by atoms with Crippen molar-refractivity contribution in [2.24, 2.45) is 5.41 Å². The molecule has 0 aliphatic heterocycles. The van der Waals surface area contributed by atoms with E-state index in [-0.39, 0.29) is 0 Å². The second-order valence-corrected chi connectivity index (χ2v) is 6.16. The summed E-state index contributed by atoms with van der Waals surface area (Å²) in [7, 11) is 0. The minimum atomic E-state index is 0.395. The lowest BCUT2D eigenvalue weighted by molar-refractivity contribution is 0.233. The van der Waals surface area contributed by atoms with Crippen LogP contribution in [0.4, 0.5) is 11.5 Å². The van der Waals surface area contributed by atoms with E-state index in [1.54, 1.807) is 0 Å². The maximum absolute atomic E-state index is 5.88. The SMILES string of the molecule is CCCOc1nc(NCC2(C)CCCCC2)ccc1N. The van der Waals surface area contributed by atoms with Gasteiger partial charge in [0.1, 0.15) is 5.82 Å². The van der Waals surface area contributed by atoms with E-state index in [9.17, 15) is 0 Å². The Hall–Kier alpha value is -1.45. The molecule has 20 heavy (non-hydrogen) atoms. The van der Waals surface area contributed by atoms with E-state index in [1.165, 1.54) is 32.1 Å². The normalized spacial score (nSPS) is 17.7. The Kier molecular flexibility index (Phi) is 5.10. The van der Waals surface area contributed by atoms with Gasteiger partial charge >= 0.3 is 0 Å². The predicted molar refractivity (Wildman–Crippen MR) is 84.1 cm³/mol. The lowest BCUT2D eigenvalue weighted by Crippen LogP contribution is -2.29. The summed E-state index contributed by atoms with van der Waals surface area (Å²) < 4.78 is 5.57. The van der Waals surface area contributed by atoms with Gasteiger partial charge < -0.3 is 15.8 Å². The van der Waals surface area contributed by atoms with Gasteiger partial charge in [-0.2, -0.15) is 4.98 Å². The Balaban J connectivity index is 1.95. The van der Waals surface area contributed by atoms with Gasteiger partial charge in [-0.3, -0.25) is 0 Å². The Morgan fingerprint density at radius 2 is 2.05 bits per heavy atom. The first kappa shape index (κ1) is 14.9. The van der Waals surface area contributed by atoms with Gasteiger partial charge in [-0.1, -0.05) is 33.1 Å². The van der Waals surface area contributed by atoms with E-state index in [0.717, 1.165) is 18.8 Å². The molecule has 0 saturated heterocycles. The summed E-state index contributed by atoms with van der Waals surface area (Å²) in [5, 5.41) is 3.45. The number of nitrogens with two attached hydrogens (primary N) is 1. The highest BCUT2D eigenvalue weighted by atomic mass is 16.5. The molecule has 0 radical (unpaired) electrons. The van der Waals surface area contributed by atoms with E-state index < -0.39 is 0 Å². The highest BCUT2D eigenvalue weighted by Gasteiger charge is 2.26. The van der Waals surface area contributed by atoms with E-state index >= 15 is 0 Å². The van der Waals surface area contributed by atoms with Crippen molar-refractivity contribution < 1.29 is 4.74 Å². The molecule has 0 unspecified atom stereocenters. The van der Waals surface area contributed by atoms with Gasteiger partial charge in [-0.15, -0.1) is 0 Å². The van der Waals surface area contributed by atoms with E-state index in [1.807, 2.05) is 12.1 Å². The van der Waals surface area contributed by atoms with Crippen LogP contribution in [0.1, 0.15) is 52.4 Å². The fourth-order valence-electron chi connectivity index (χ4n) is 2.75. The molecule has 3 N–H and O–H groups in total. The first-order chi connectivity index (χ1) is 9.63. The Morgan fingerprint density at radius 3 is 2.75 bits per heavy atom. The maximum atomic E-state index is 5.88. The van der Waals surface area contributed by atoms with E-state index in [2.05, 4.69) is 24.1 Å².